The fourth-order valence-electron chi connectivity index (χ4n) is 4.49. The van der Waals surface area contributed by atoms with Crippen LogP contribution in [0.2, 0.25) is 0 Å². The molecule has 0 unspecified atom stereocenters. The second-order valence-electron chi connectivity index (χ2n) is 7.04. The number of benzene rings is 2. The predicted molar refractivity (Wildman–Crippen MR) is 95.8 cm³/mol. The topological polar surface area (TPSA) is 35.5 Å². The maximum Gasteiger partial charge on any atom is 0.169 e. The van der Waals surface area contributed by atoms with Crippen molar-refractivity contribution in [2.75, 3.05) is 13.2 Å². The SMILES string of the molecule is O=C1CCC2(C[C@@H]1C1c3ccccc3Sc3ccccc31)OCCO2. The summed E-state index contributed by atoms with van der Waals surface area (Å²) in [6.07, 6.45) is 1.88. The molecule has 3 aliphatic rings. The Kier molecular flexibility index (Phi) is 3.73. The second-order valence-corrected chi connectivity index (χ2v) is 8.12. The molecule has 5 rings (SSSR count). The maximum absolute atomic E-state index is 12.9. The van der Waals surface area contributed by atoms with E-state index in [1.54, 1.807) is 11.8 Å². The van der Waals surface area contributed by atoms with E-state index < -0.39 is 5.79 Å². The zero-order valence-electron chi connectivity index (χ0n) is 13.9. The molecule has 128 valence electrons. The number of fused-ring (bicyclic) bond motifs is 2. The molecule has 2 heterocycles. The van der Waals surface area contributed by atoms with E-state index in [2.05, 4.69) is 48.5 Å². The fourth-order valence-corrected chi connectivity index (χ4v) is 5.65. The number of carbonyl (C=O) groups excluding carboxylic acids is 1. The number of ether oxygens (including phenoxy) is 2. The third-order valence-corrected chi connectivity index (χ3v) is 6.82. The molecule has 1 spiro atoms. The number of rotatable bonds is 1. The van der Waals surface area contributed by atoms with Crippen LogP contribution in [0.3, 0.4) is 0 Å². The average molecular weight is 352 g/mol. The lowest BCUT2D eigenvalue weighted by Gasteiger charge is -2.40. The summed E-state index contributed by atoms with van der Waals surface area (Å²) in [4.78, 5) is 15.4. The van der Waals surface area contributed by atoms with E-state index in [1.807, 2.05) is 0 Å². The van der Waals surface area contributed by atoms with Crippen molar-refractivity contribution < 1.29 is 14.3 Å². The largest absolute Gasteiger partial charge is 0.347 e. The van der Waals surface area contributed by atoms with Crippen LogP contribution in [0, 0.1) is 5.92 Å². The lowest BCUT2D eigenvalue weighted by Crippen LogP contribution is -2.43. The van der Waals surface area contributed by atoms with Crippen LogP contribution in [0.4, 0.5) is 0 Å². The third kappa shape index (κ3) is 2.55. The van der Waals surface area contributed by atoms with Gasteiger partial charge in [0, 0.05) is 40.9 Å². The summed E-state index contributed by atoms with van der Waals surface area (Å²) in [6.45, 7) is 1.27. The van der Waals surface area contributed by atoms with Crippen LogP contribution in [0.5, 0.6) is 0 Å². The minimum absolute atomic E-state index is 0.0879. The fraction of sp³-hybridized carbons (Fsp3) is 0.381. The van der Waals surface area contributed by atoms with Crippen LogP contribution in [0.15, 0.2) is 58.3 Å². The Morgan fingerprint density at radius 2 is 1.52 bits per heavy atom. The van der Waals surface area contributed by atoms with Crippen molar-refractivity contribution >= 4 is 17.5 Å². The Balaban J connectivity index is 1.61. The van der Waals surface area contributed by atoms with Crippen LogP contribution in [-0.2, 0) is 14.3 Å². The predicted octanol–water partition coefficient (Wildman–Crippen LogP) is 4.40. The molecule has 2 aliphatic heterocycles. The van der Waals surface area contributed by atoms with Gasteiger partial charge in [0.25, 0.3) is 0 Å². The summed E-state index contributed by atoms with van der Waals surface area (Å²) in [5, 5.41) is 0. The first-order valence-electron chi connectivity index (χ1n) is 8.92. The Labute approximate surface area is 151 Å². The van der Waals surface area contributed by atoms with Crippen molar-refractivity contribution in [3.63, 3.8) is 0 Å². The van der Waals surface area contributed by atoms with Gasteiger partial charge in [0.15, 0.2) is 5.79 Å². The van der Waals surface area contributed by atoms with Gasteiger partial charge in [-0.3, -0.25) is 4.79 Å². The monoisotopic (exact) mass is 352 g/mol. The molecular formula is C21H20O3S. The molecule has 0 aromatic heterocycles. The number of hydrogen-bond donors (Lipinski definition) is 0. The van der Waals surface area contributed by atoms with Gasteiger partial charge in [0.2, 0.25) is 0 Å². The molecule has 1 atom stereocenters. The van der Waals surface area contributed by atoms with Gasteiger partial charge in [0.1, 0.15) is 5.78 Å². The molecular weight excluding hydrogens is 332 g/mol. The van der Waals surface area contributed by atoms with Crippen molar-refractivity contribution in [3.05, 3.63) is 59.7 Å². The Morgan fingerprint density at radius 1 is 0.920 bits per heavy atom. The van der Waals surface area contributed by atoms with Gasteiger partial charge >= 0.3 is 0 Å². The van der Waals surface area contributed by atoms with E-state index in [4.69, 9.17) is 9.47 Å². The minimum atomic E-state index is -0.549. The molecule has 3 nitrogen and oxygen atoms in total. The number of hydrogen-bond acceptors (Lipinski definition) is 4. The summed E-state index contributed by atoms with van der Waals surface area (Å²) >= 11 is 1.80. The van der Waals surface area contributed by atoms with Crippen molar-refractivity contribution in [2.24, 2.45) is 5.92 Å². The van der Waals surface area contributed by atoms with Gasteiger partial charge in [-0.05, 0) is 23.3 Å². The average Bonchev–Trinajstić information content (AvgIpc) is 3.10. The molecule has 1 saturated carbocycles. The van der Waals surface area contributed by atoms with Crippen molar-refractivity contribution in [1.29, 1.82) is 0 Å². The molecule has 1 saturated heterocycles. The van der Waals surface area contributed by atoms with Gasteiger partial charge in [0.05, 0.1) is 13.2 Å². The molecule has 2 aromatic rings. The Hall–Kier alpha value is -1.62. The molecule has 2 fully saturated rings. The summed E-state index contributed by atoms with van der Waals surface area (Å²) in [5.74, 6) is -0.208. The zero-order chi connectivity index (χ0) is 16.9. The van der Waals surface area contributed by atoms with Gasteiger partial charge in [-0.25, -0.2) is 0 Å². The molecule has 0 bridgehead atoms. The summed E-state index contributed by atoms with van der Waals surface area (Å²) in [6, 6.07) is 17.0. The first-order chi connectivity index (χ1) is 12.3. The van der Waals surface area contributed by atoms with Gasteiger partial charge in [-0.2, -0.15) is 0 Å². The molecule has 0 amide bonds. The van der Waals surface area contributed by atoms with E-state index in [1.165, 1.54) is 20.9 Å². The van der Waals surface area contributed by atoms with Crippen LogP contribution in [-0.4, -0.2) is 24.8 Å². The first kappa shape index (κ1) is 15.6. The van der Waals surface area contributed by atoms with E-state index in [-0.39, 0.29) is 11.8 Å². The molecule has 2 aromatic carbocycles. The highest BCUT2D eigenvalue weighted by Gasteiger charge is 2.48. The standard InChI is InChI=1S/C21H20O3S/c22-17-9-10-21(23-11-12-24-21)13-16(17)20-14-5-1-3-7-18(14)25-19-8-4-2-6-15(19)20/h1-8,16,20H,9-13H2/t16-/m0/s1. The van der Waals surface area contributed by atoms with Crippen molar-refractivity contribution in [3.8, 4) is 0 Å². The molecule has 0 N–H and O–H groups in total. The smallest absolute Gasteiger partial charge is 0.169 e. The highest BCUT2D eigenvalue weighted by molar-refractivity contribution is 7.99. The van der Waals surface area contributed by atoms with Crippen LogP contribution in [0.25, 0.3) is 0 Å². The lowest BCUT2D eigenvalue weighted by molar-refractivity contribution is -0.190. The molecule has 1 aliphatic carbocycles. The second kappa shape index (κ2) is 5.97. The third-order valence-electron chi connectivity index (χ3n) is 5.64. The van der Waals surface area contributed by atoms with E-state index >= 15 is 0 Å². The highest BCUT2D eigenvalue weighted by atomic mass is 32.2. The summed E-state index contributed by atoms with van der Waals surface area (Å²) in [5.41, 5.74) is 2.53. The van der Waals surface area contributed by atoms with Gasteiger partial charge < -0.3 is 9.47 Å². The maximum atomic E-state index is 12.9. The summed E-state index contributed by atoms with van der Waals surface area (Å²) < 4.78 is 11.9. The number of Topliss-reactive ketones (excluding diaryl/α,β-unsaturated/α-hetero) is 1. The number of ketones is 1. The van der Waals surface area contributed by atoms with Crippen LogP contribution in [0.1, 0.15) is 36.3 Å². The highest BCUT2D eigenvalue weighted by Crippen LogP contribution is 2.52. The van der Waals surface area contributed by atoms with E-state index in [9.17, 15) is 4.79 Å². The van der Waals surface area contributed by atoms with Gasteiger partial charge in [-0.15, -0.1) is 0 Å². The normalized spacial score (nSPS) is 25.0. The number of carbonyl (C=O) groups is 1. The van der Waals surface area contributed by atoms with Crippen LogP contribution < -0.4 is 0 Å². The Morgan fingerprint density at radius 3 is 2.16 bits per heavy atom. The van der Waals surface area contributed by atoms with E-state index in [0.717, 1.165) is 0 Å². The quantitative estimate of drug-likeness (QED) is 0.762. The van der Waals surface area contributed by atoms with Crippen molar-refractivity contribution in [1.82, 2.24) is 0 Å². The summed E-state index contributed by atoms with van der Waals surface area (Å²) in [7, 11) is 0. The molecule has 4 heteroatoms. The zero-order valence-corrected chi connectivity index (χ0v) is 14.8. The van der Waals surface area contributed by atoms with Gasteiger partial charge in [-0.1, -0.05) is 48.2 Å². The van der Waals surface area contributed by atoms with Crippen LogP contribution >= 0.6 is 11.8 Å². The molecule has 0 radical (unpaired) electrons. The lowest BCUT2D eigenvalue weighted by atomic mass is 9.71. The minimum Gasteiger partial charge on any atom is -0.347 e. The Bertz CT molecular complexity index is 780. The molecule has 25 heavy (non-hydrogen) atoms. The van der Waals surface area contributed by atoms with E-state index in [0.29, 0.717) is 38.3 Å². The first-order valence-corrected chi connectivity index (χ1v) is 9.74. The van der Waals surface area contributed by atoms with Crippen molar-refractivity contribution in [2.45, 2.75) is 40.8 Å².